The fraction of sp³-hybridized carbons (Fsp3) is 0.250. The van der Waals surface area contributed by atoms with E-state index in [-0.39, 0.29) is 30.2 Å². The first-order valence-electron chi connectivity index (χ1n) is 9.81. The van der Waals surface area contributed by atoms with E-state index in [4.69, 9.17) is 14.2 Å². The lowest BCUT2D eigenvalue weighted by Gasteiger charge is -2.15. The fourth-order valence-electron chi connectivity index (χ4n) is 3.03. The number of nitrogens with one attached hydrogen (secondary N) is 1. The Balaban J connectivity index is 1.74. The first-order valence-corrected chi connectivity index (χ1v) is 9.81. The Morgan fingerprint density at radius 2 is 1.71 bits per heavy atom. The zero-order valence-corrected chi connectivity index (χ0v) is 18.1. The minimum atomic E-state index is -0.275. The number of ether oxygens (including phenoxy) is 3. The van der Waals surface area contributed by atoms with Gasteiger partial charge in [-0.3, -0.25) is 9.59 Å². The Bertz CT molecular complexity index is 1120. The number of pyridine rings is 1. The van der Waals surface area contributed by atoms with Crippen LogP contribution in [0.3, 0.4) is 0 Å². The topological polar surface area (TPSA) is 78.8 Å². The smallest absolute Gasteiger partial charge is 0.244 e. The number of nitrogens with zero attached hydrogens (tertiary/aromatic N) is 1. The normalized spacial score (nSPS) is 10.5. The number of hydrogen-bond acceptors (Lipinski definition) is 5. The van der Waals surface area contributed by atoms with Crippen LogP contribution < -0.4 is 25.0 Å². The second-order valence-electron chi connectivity index (χ2n) is 7.16. The molecular weight excluding hydrogens is 396 g/mol. The van der Waals surface area contributed by atoms with E-state index in [0.29, 0.717) is 22.9 Å². The molecule has 3 aromatic rings. The first-order chi connectivity index (χ1) is 14.9. The van der Waals surface area contributed by atoms with Crippen molar-refractivity contribution in [2.75, 3.05) is 19.5 Å². The first kappa shape index (κ1) is 22.0. The SMILES string of the molecule is COc1ccc(OC)c(NC(=O)Cn2cc(OCc3ccc(C)cc3)c(=O)cc2C)c1. The van der Waals surface area contributed by atoms with E-state index >= 15 is 0 Å². The van der Waals surface area contributed by atoms with Crippen molar-refractivity contribution in [3.8, 4) is 17.2 Å². The van der Waals surface area contributed by atoms with Crippen molar-refractivity contribution >= 4 is 11.6 Å². The summed E-state index contributed by atoms with van der Waals surface area (Å²) in [6.07, 6.45) is 1.56. The van der Waals surface area contributed by atoms with E-state index in [9.17, 15) is 9.59 Å². The molecule has 0 spiro atoms. The molecule has 0 saturated heterocycles. The van der Waals surface area contributed by atoms with Crippen LogP contribution in [0.25, 0.3) is 0 Å². The van der Waals surface area contributed by atoms with Gasteiger partial charge in [-0.25, -0.2) is 0 Å². The van der Waals surface area contributed by atoms with Gasteiger partial charge in [-0.2, -0.15) is 0 Å². The molecule has 0 bridgehead atoms. The summed E-state index contributed by atoms with van der Waals surface area (Å²) in [5, 5.41) is 2.83. The molecule has 0 fully saturated rings. The largest absolute Gasteiger partial charge is 0.497 e. The predicted octanol–water partition coefficient (Wildman–Crippen LogP) is 3.70. The van der Waals surface area contributed by atoms with Crippen molar-refractivity contribution in [3.05, 3.63) is 81.8 Å². The minimum absolute atomic E-state index is 0.00731. The van der Waals surface area contributed by atoms with Crippen LogP contribution in [0.2, 0.25) is 0 Å². The predicted molar refractivity (Wildman–Crippen MR) is 119 cm³/mol. The number of carbonyl (C=O) groups excluding carboxylic acids is 1. The van der Waals surface area contributed by atoms with E-state index in [0.717, 1.165) is 11.1 Å². The number of anilines is 1. The van der Waals surface area contributed by atoms with Crippen LogP contribution in [0.5, 0.6) is 17.2 Å². The zero-order valence-electron chi connectivity index (χ0n) is 18.1. The van der Waals surface area contributed by atoms with Crippen molar-refractivity contribution in [1.29, 1.82) is 0 Å². The molecule has 0 atom stereocenters. The van der Waals surface area contributed by atoms with Crippen LogP contribution in [0.15, 0.2) is 59.5 Å². The third kappa shape index (κ3) is 5.66. The highest BCUT2D eigenvalue weighted by Crippen LogP contribution is 2.28. The highest BCUT2D eigenvalue weighted by Gasteiger charge is 2.12. The Labute approximate surface area is 181 Å². The highest BCUT2D eigenvalue weighted by atomic mass is 16.5. The van der Waals surface area contributed by atoms with Gasteiger partial charge in [0.2, 0.25) is 11.3 Å². The van der Waals surface area contributed by atoms with Gasteiger partial charge >= 0.3 is 0 Å². The molecule has 7 nitrogen and oxygen atoms in total. The average molecular weight is 422 g/mol. The number of aryl methyl sites for hydroxylation is 2. The third-order valence-corrected chi connectivity index (χ3v) is 4.82. The lowest BCUT2D eigenvalue weighted by atomic mass is 10.2. The second kappa shape index (κ2) is 9.84. The Kier molecular flexibility index (Phi) is 6.97. The number of amides is 1. The van der Waals surface area contributed by atoms with Gasteiger partial charge in [-0.1, -0.05) is 29.8 Å². The monoisotopic (exact) mass is 422 g/mol. The molecule has 0 saturated carbocycles. The number of hydrogen-bond donors (Lipinski definition) is 1. The summed E-state index contributed by atoms with van der Waals surface area (Å²) in [6, 6.07) is 14.5. The van der Waals surface area contributed by atoms with E-state index in [2.05, 4.69) is 5.32 Å². The van der Waals surface area contributed by atoms with Crippen LogP contribution in [0.1, 0.15) is 16.8 Å². The van der Waals surface area contributed by atoms with Gasteiger partial charge in [0.15, 0.2) is 5.75 Å². The van der Waals surface area contributed by atoms with E-state index in [1.165, 1.54) is 13.2 Å². The van der Waals surface area contributed by atoms with Gasteiger partial charge < -0.3 is 24.1 Å². The summed E-state index contributed by atoms with van der Waals surface area (Å²) in [4.78, 5) is 25.0. The average Bonchev–Trinajstić information content (AvgIpc) is 2.75. The van der Waals surface area contributed by atoms with Gasteiger partial charge in [0.25, 0.3) is 0 Å². The number of aromatic nitrogens is 1. The number of carbonyl (C=O) groups is 1. The maximum Gasteiger partial charge on any atom is 0.244 e. The highest BCUT2D eigenvalue weighted by molar-refractivity contribution is 5.92. The molecule has 0 radical (unpaired) electrons. The molecule has 1 amide bonds. The quantitative estimate of drug-likeness (QED) is 0.599. The summed E-state index contributed by atoms with van der Waals surface area (Å²) in [6.45, 7) is 4.05. The lowest BCUT2D eigenvalue weighted by molar-refractivity contribution is -0.116. The summed E-state index contributed by atoms with van der Waals surface area (Å²) in [5.74, 6) is 1.04. The number of benzene rings is 2. The van der Waals surface area contributed by atoms with Crippen LogP contribution >= 0.6 is 0 Å². The van der Waals surface area contributed by atoms with Crippen molar-refractivity contribution in [1.82, 2.24) is 4.57 Å². The summed E-state index contributed by atoms with van der Waals surface area (Å²) in [7, 11) is 3.08. The zero-order chi connectivity index (χ0) is 22.4. The third-order valence-electron chi connectivity index (χ3n) is 4.82. The van der Waals surface area contributed by atoms with Crippen molar-refractivity contribution in [2.45, 2.75) is 27.0 Å². The fourth-order valence-corrected chi connectivity index (χ4v) is 3.03. The summed E-state index contributed by atoms with van der Waals surface area (Å²) in [5.41, 5.74) is 3.04. The summed E-state index contributed by atoms with van der Waals surface area (Å²) < 4.78 is 17.9. The minimum Gasteiger partial charge on any atom is -0.497 e. The van der Waals surface area contributed by atoms with Crippen LogP contribution in [0, 0.1) is 13.8 Å². The molecule has 7 heteroatoms. The molecule has 0 aliphatic heterocycles. The molecule has 31 heavy (non-hydrogen) atoms. The lowest BCUT2D eigenvalue weighted by Crippen LogP contribution is -2.22. The van der Waals surface area contributed by atoms with Gasteiger partial charge in [-0.15, -0.1) is 0 Å². The van der Waals surface area contributed by atoms with Gasteiger partial charge in [0.1, 0.15) is 24.7 Å². The van der Waals surface area contributed by atoms with Crippen molar-refractivity contribution < 1.29 is 19.0 Å². The van der Waals surface area contributed by atoms with E-state index < -0.39 is 0 Å². The molecule has 1 aromatic heterocycles. The Morgan fingerprint density at radius 3 is 2.39 bits per heavy atom. The standard InChI is InChI=1S/C24H26N2O5/c1-16-5-7-18(8-6-16)15-31-23-13-26(17(2)11-21(23)27)14-24(28)25-20-12-19(29-3)9-10-22(20)30-4/h5-13H,14-15H2,1-4H3,(H,25,28). The van der Waals surface area contributed by atoms with Gasteiger partial charge in [0.05, 0.1) is 26.1 Å². The van der Waals surface area contributed by atoms with Crippen molar-refractivity contribution in [2.24, 2.45) is 0 Å². The molecule has 1 heterocycles. The molecule has 162 valence electrons. The number of methoxy groups -OCH3 is 2. The molecular formula is C24H26N2O5. The van der Waals surface area contributed by atoms with Crippen LogP contribution in [-0.2, 0) is 17.9 Å². The summed E-state index contributed by atoms with van der Waals surface area (Å²) >= 11 is 0. The molecule has 3 rings (SSSR count). The molecule has 2 aromatic carbocycles. The maximum absolute atomic E-state index is 12.7. The van der Waals surface area contributed by atoms with E-state index in [1.54, 1.807) is 43.0 Å². The van der Waals surface area contributed by atoms with Gasteiger partial charge in [-0.05, 0) is 31.5 Å². The van der Waals surface area contributed by atoms with Crippen LogP contribution in [0.4, 0.5) is 5.69 Å². The van der Waals surface area contributed by atoms with E-state index in [1.807, 2.05) is 31.2 Å². The Morgan fingerprint density at radius 1 is 0.968 bits per heavy atom. The molecule has 0 unspecified atom stereocenters. The molecule has 1 N–H and O–H groups in total. The Hall–Kier alpha value is -3.74. The number of rotatable bonds is 8. The van der Waals surface area contributed by atoms with Crippen molar-refractivity contribution in [3.63, 3.8) is 0 Å². The van der Waals surface area contributed by atoms with Crippen LogP contribution in [-0.4, -0.2) is 24.7 Å². The molecule has 0 aliphatic carbocycles. The van der Waals surface area contributed by atoms with Gasteiger partial charge in [0, 0.05) is 17.8 Å². The molecule has 0 aliphatic rings. The maximum atomic E-state index is 12.7. The second-order valence-corrected chi connectivity index (χ2v) is 7.16.